The van der Waals surface area contributed by atoms with Gasteiger partial charge in [-0.25, -0.2) is 19.6 Å². The first kappa shape index (κ1) is 21.9. The Morgan fingerprint density at radius 3 is 2.66 bits per heavy atom. The van der Waals surface area contributed by atoms with Gasteiger partial charge in [-0.15, -0.1) is 0 Å². The Labute approximate surface area is 203 Å². The van der Waals surface area contributed by atoms with Crippen LogP contribution in [0.2, 0.25) is 0 Å². The van der Waals surface area contributed by atoms with E-state index in [1.165, 1.54) is 11.1 Å². The summed E-state index contributed by atoms with van der Waals surface area (Å²) in [7, 11) is 2.15. The van der Waals surface area contributed by atoms with Crippen molar-refractivity contribution in [2.24, 2.45) is 0 Å². The second-order valence-electron chi connectivity index (χ2n) is 10.7. The van der Waals surface area contributed by atoms with E-state index in [0.29, 0.717) is 22.9 Å². The molecule has 0 bridgehead atoms. The molecule has 0 spiro atoms. The number of nitrogens with zero attached hydrogens (tertiary/aromatic N) is 7. The highest BCUT2D eigenvalue weighted by atomic mass is 16.1. The molecule has 0 amide bonds. The first-order chi connectivity index (χ1) is 16.8. The Bertz CT molecular complexity index is 1490. The van der Waals surface area contributed by atoms with Crippen molar-refractivity contribution in [2.45, 2.75) is 58.0 Å². The molecule has 4 heterocycles. The van der Waals surface area contributed by atoms with Crippen molar-refractivity contribution >= 4 is 22.7 Å². The molecule has 35 heavy (non-hydrogen) atoms. The van der Waals surface area contributed by atoms with Gasteiger partial charge in [-0.3, -0.25) is 4.79 Å². The Hall–Kier alpha value is -3.59. The van der Waals surface area contributed by atoms with Crippen molar-refractivity contribution < 1.29 is 0 Å². The van der Waals surface area contributed by atoms with Crippen molar-refractivity contribution in [3.8, 4) is 5.95 Å². The van der Waals surface area contributed by atoms with Gasteiger partial charge in [0.2, 0.25) is 5.95 Å². The first-order valence-corrected chi connectivity index (χ1v) is 12.2. The number of anilines is 2. The number of nitrogens with one attached hydrogen (secondary N) is 1. The smallest absolute Gasteiger partial charge is 0.278 e. The van der Waals surface area contributed by atoms with Gasteiger partial charge in [0.05, 0.1) is 11.7 Å². The number of rotatable bonds is 4. The molecule has 1 fully saturated rings. The van der Waals surface area contributed by atoms with Crippen LogP contribution in [0.25, 0.3) is 17.0 Å². The molecule has 0 saturated heterocycles. The molecule has 6 rings (SSSR count). The lowest BCUT2D eigenvalue weighted by Crippen LogP contribution is -2.26. The Kier molecular flexibility index (Phi) is 5.00. The van der Waals surface area contributed by atoms with Crippen LogP contribution < -0.4 is 10.9 Å². The lowest BCUT2D eigenvalue weighted by molar-refractivity contribution is 0.313. The third kappa shape index (κ3) is 3.99. The lowest BCUT2D eigenvalue weighted by Gasteiger charge is -2.25. The lowest BCUT2D eigenvalue weighted by atomic mass is 9.92. The molecular weight excluding hydrogens is 440 g/mol. The fraction of sp³-hybridized carbons (Fsp3) is 0.423. The fourth-order valence-corrected chi connectivity index (χ4v) is 4.67. The van der Waals surface area contributed by atoms with Crippen LogP contribution in [0.1, 0.15) is 56.5 Å². The molecule has 0 unspecified atom stereocenters. The third-order valence-corrected chi connectivity index (χ3v) is 6.78. The largest absolute Gasteiger partial charge is 0.324 e. The van der Waals surface area contributed by atoms with E-state index in [2.05, 4.69) is 66.2 Å². The van der Waals surface area contributed by atoms with Crippen molar-refractivity contribution in [3.63, 3.8) is 0 Å². The predicted molar refractivity (Wildman–Crippen MR) is 135 cm³/mol. The standard InChI is InChI=1S/C26H30N8O/c1-26(2,3)21-9-11-27-25(30-21)34-22-20(23(35)33(34)19-7-8-19)14-28-24(31-22)29-18-6-5-17-15-32(4)12-10-16(17)13-18/h5-6,9,11,13-14,19H,7-8,10,12,15H2,1-4H3,(H,28,29,31). The number of fused-ring (bicyclic) bond motifs is 2. The van der Waals surface area contributed by atoms with Gasteiger partial charge < -0.3 is 10.2 Å². The average Bonchev–Trinajstić information content (AvgIpc) is 3.62. The molecule has 4 aromatic rings. The molecule has 9 heteroatoms. The normalized spacial score (nSPS) is 16.5. The van der Waals surface area contributed by atoms with Gasteiger partial charge in [0.1, 0.15) is 5.39 Å². The summed E-state index contributed by atoms with van der Waals surface area (Å²) in [6, 6.07) is 8.45. The van der Waals surface area contributed by atoms with E-state index in [0.717, 1.165) is 43.7 Å². The number of benzene rings is 1. The zero-order valence-electron chi connectivity index (χ0n) is 20.6. The molecule has 1 aromatic carbocycles. The average molecular weight is 471 g/mol. The topological polar surface area (TPSA) is 93.8 Å². The minimum atomic E-state index is -0.145. The molecule has 9 nitrogen and oxygen atoms in total. The monoisotopic (exact) mass is 470 g/mol. The van der Waals surface area contributed by atoms with Gasteiger partial charge in [0.25, 0.3) is 11.5 Å². The molecular formula is C26H30N8O. The molecule has 1 aliphatic heterocycles. The van der Waals surface area contributed by atoms with Crippen LogP contribution in [0, 0.1) is 0 Å². The SMILES string of the molecule is CN1CCc2cc(Nc3ncc4c(=O)n(C5CC5)n(-c5nccc(C(C)(C)C)n5)c4n3)ccc2C1. The van der Waals surface area contributed by atoms with Gasteiger partial charge in [-0.1, -0.05) is 26.8 Å². The molecule has 1 aliphatic carbocycles. The molecule has 0 radical (unpaired) electrons. The summed E-state index contributed by atoms with van der Waals surface area (Å²) in [5.74, 6) is 0.901. The maximum atomic E-state index is 13.3. The van der Waals surface area contributed by atoms with Crippen LogP contribution in [0.15, 0.2) is 41.5 Å². The van der Waals surface area contributed by atoms with Crippen LogP contribution in [-0.4, -0.2) is 47.8 Å². The summed E-state index contributed by atoms with van der Waals surface area (Å²) in [6.07, 6.45) is 6.30. The zero-order chi connectivity index (χ0) is 24.3. The van der Waals surface area contributed by atoms with E-state index in [-0.39, 0.29) is 17.0 Å². The highest BCUT2D eigenvalue weighted by Crippen LogP contribution is 2.35. The molecule has 0 atom stereocenters. The number of hydrogen-bond acceptors (Lipinski definition) is 7. The van der Waals surface area contributed by atoms with Crippen molar-refractivity contribution in [1.82, 2.24) is 34.2 Å². The zero-order valence-corrected chi connectivity index (χ0v) is 20.6. The van der Waals surface area contributed by atoms with E-state index >= 15 is 0 Å². The summed E-state index contributed by atoms with van der Waals surface area (Å²) >= 11 is 0. The molecule has 1 N–H and O–H groups in total. The van der Waals surface area contributed by atoms with Crippen molar-refractivity contribution in [1.29, 1.82) is 0 Å². The minimum Gasteiger partial charge on any atom is -0.324 e. The highest BCUT2D eigenvalue weighted by Gasteiger charge is 2.32. The third-order valence-electron chi connectivity index (χ3n) is 6.78. The fourth-order valence-electron chi connectivity index (χ4n) is 4.67. The van der Waals surface area contributed by atoms with Crippen LogP contribution in [-0.2, 0) is 18.4 Å². The second-order valence-corrected chi connectivity index (χ2v) is 10.7. The highest BCUT2D eigenvalue weighted by molar-refractivity contribution is 5.77. The Balaban J connectivity index is 1.44. The van der Waals surface area contributed by atoms with Crippen LogP contribution in [0.3, 0.4) is 0 Å². The van der Waals surface area contributed by atoms with Gasteiger partial charge in [0, 0.05) is 36.6 Å². The molecule has 2 aliphatic rings. The van der Waals surface area contributed by atoms with Gasteiger partial charge >= 0.3 is 0 Å². The quantitative estimate of drug-likeness (QED) is 0.486. The predicted octanol–water partition coefficient (Wildman–Crippen LogP) is 3.74. The molecule has 3 aromatic heterocycles. The second kappa shape index (κ2) is 7.98. The number of aromatic nitrogens is 6. The maximum Gasteiger partial charge on any atom is 0.278 e. The number of likely N-dealkylation sites (N-methyl/N-ethyl adjacent to an activating group) is 1. The van der Waals surface area contributed by atoms with E-state index < -0.39 is 0 Å². The summed E-state index contributed by atoms with van der Waals surface area (Å²) in [4.78, 5) is 34.3. The summed E-state index contributed by atoms with van der Waals surface area (Å²) in [6.45, 7) is 8.35. The van der Waals surface area contributed by atoms with Gasteiger partial charge in [-0.2, -0.15) is 9.67 Å². The van der Waals surface area contributed by atoms with Gasteiger partial charge in [0.15, 0.2) is 5.65 Å². The van der Waals surface area contributed by atoms with Crippen molar-refractivity contribution in [2.75, 3.05) is 18.9 Å². The summed E-state index contributed by atoms with van der Waals surface area (Å²) in [5, 5.41) is 3.82. The van der Waals surface area contributed by atoms with Crippen LogP contribution in [0.5, 0.6) is 0 Å². The van der Waals surface area contributed by atoms with Crippen LogP contribution in [0.4, 0.5) is 11.6 Å². The first-order valence-electron chi connectivity index (χ1n) is 12.2. The summed E-state index contributed by atoms with van der Waals surface area (Å²) < 4.78 is 3.53. The van der Waals surface area contributed by atoms with E-state index in [1.807, 2.05) is 6.07 Å². The van der Waals surface area contributed by atoms with Crippen LogP contribution >= 0.6 is 0 Å². The summed E-state index contributed by atoms with van der Waals surface area (Å²) in [5.41, 5.74) is 4.82. The van der Waals surface area contributed by atoms with E-state index in [4.69, 9.17) is 9.97 Å². The Morgan fingerprint density at radius 2 is 1.89 bits per heavy atom. The maximum absolute atomic E-state index is 13.3. The van der Waals surface area contributed by atoms with Gasteiger partial charge in [-0.05, 0) is 55.6 Å². The van der Waals surface area contributed by atoms with E-state index in [9.17, 15) is 4.79 Å². The van der Waals surface area contributed by atoms with Crippen molar-refractivity contribution in [3.05, 3.63) is 63.8 Å². The molecule has 180 valence electrons. The minimum absolute atomic E-state index is 0.100. The number of hydrogen-bond donors (Lipinski definition) is 1. The van der Waals surface area contributed by atoms with E-state index in [1.54, 1.807) is 21.8 Å². The Morgan fingerprint density at radius 1 is 1.06 bits per heavy atom. The molecule has 1 saturated carbocycles.